The number of nitrogens with zero attached hydrogens (tertiary/aromatic N) is 1. The number of hydrogen-bond acceptors (Lipinski definition) is 4. The number of morpholine rings is 1. The van der Waals surface area contributed by atoms with Gasteiger partial charge in [-0.2, -0.15) is 4.31 Å². The van der Waals surface area contributed by atoms with E-state index in [2.05, 4.69) is 12.2 Å². The predicted octanol–water partition coefficient (Wildman–Crippen LogP) is 2.92. The maximum Gasteiger partial charge on any atom is 0.248 e. The highest BCUT2D eigenvalue weighted by molar-refractivity contribution is 7.89. The summed E-state index contributed by atoms with van der Waals surface area (Å²) in [6.45, 7) is 3.61. The molecule has 1 saturated heterocycles. The fourth-order valence-corrected chi connectivity index (χ4v) is 4.32. The Kier molecular flexibility index (Phi) is 6.61. The van der Waals surface area contributed by atoms with E-state index in [4.69, 9.17) is 4.74 Å². The highest BCUT2D eigenvalue weighted by Gasteiger charge is 2.25. The number of amides is 1. The van der Waals surface area contributed by atoms with Crippen LogP contribution in [0.2, 0.25) is 0 Å². The van der Waals surface area contributed by atoms with Crippen molar-refractivity contribution >= 4 is 27.7 Å². The van der Waals surface area contributed by atoms with Gasteiger partial charge in [-0.25, -0.2) is 8.42 Å². The highest BCUT2D eigenvalue weighted by Crippen LogP contribution is 2.18. The van der Waals surface area contributed by atoms with Crippen molar-refractivity contribution in [3.63, 3.8) is 0 Å². The zero-order valence-corrected chi connectivity index (χ0v) is 16.6. The van der Waals surface area contributed by atoms with Crippen molar-refractivity contribution in [1.82, 2.24) is 4.31 Å². The number of benzene rings is 2. The molecular formula is C21H24N2O4S. The minimum absolute atomic E-state index is 0.238. The van der Waals surface area contributed by atoms with Crippen molar-refractivity contribution in [2.45, 2.75) is 18.2 Å². The van der Waals surface area contributed by atoms with Crippen LogP contribution in [0.25, 0.3) is 6.08 Å². The summed E-state index contributed by atoms with van der Waals surface area (Å²) >= 11 is 0. The molecule has 1 aliphatic heterocycles. The summed E-state index contributed by atoms with van der Waals surface area (Å²) in [4.78, 5) is 12.3. The van der Waals surface area contributed by atoms with Crippen LogP contribution >= 0.6 is 0 Å². The van der Waals surface area contributed by atoms with Gasteiger partial charge in [-0.15, -0.1) is 0 Å². The Bertz CT molecular complexity index is 947. The number of sulfonamides is 1. The maximum absolute atomic E-state index is 12.6. The van der Waals surface area contributed by atoms with Gasteiger partial charge >= 0.3 is 0 Å². The quantitative estimate of drug-likeness (QED) is 0.757. The van der Waals surface area contributed by atoms with Gasteiger partial charge < -0.3 is 10.1 Å². The molecule has 7 heteroatoms. The minimum Gasteiger partial charge on any atom is -0.379 e. The van der Waals surface area contributed by atoms with Gasteiger partial charge in [0, 0.05) is 24.9 Å². The summed E-state index contributed by atoms with van der Waals surface area (Å²) in [7, 11) is -3.51. The van der Waals surface area contributed by atoms with E-state index >= 15 is 0 Å². The molecule has 28 heavy (non-hydrogen) atoms. The fourth-order valence-electron chi connectivity index (χ4n) is 2.91. The molecule has 1 amide bonds. The van der Waals surface area contributed by atoms with Crippen molar-refractivity contribution in [3.8, 4) is 0 Å². The fraction of sp³-hybridized carbons (Fsp3) is 0.286. The van der Waals surface area contributed by atoms with E-state index in [1.807, 2.05) is 24.3 Å². The Morgan fingerprint density at radius 2 is 1.86 bits per heavy atom. The SMILES string of the molecule is CCc1cccc(NC(=O)/C=C/c2ccc(S(=O)(=O)N3CCOCC3)cc2)c1. The lowest BCUT2D eigenvalue weighted by molar-refractivity contribution is -0.111. The van der Waals surface area contributed by atoms with Gasteiger partial charge in [-0.1, -0.05) is 31.2 Å². The topological polar surface area (TPSA) is 75.7 Å². The van der Waals surface area contributed by atoms with Gasteiger partial charge in [0.05, 0.1) is 18.1 Å². The Hall–Kier alpha value is -2.48. The molecule has 148 valence electrons. The zero-order chi connectivity index (χ0) is 20.0. The smallest absolute Gasteiger partial charge is 0.248 e. The molecule has 2 aromatic rings. The van der Waals surface area contributed by atoms with Crippen LogP contribution < -0.4 is 5.32 Å². The highest BCUT2D eigenvalue weighted by atomic mass is 32.2. The molecule has 2 aromatic carbocycles. The summed E-state index contributed by atoms with van der Waals surface area (Å²) in [6, 6.07) is 14.2. The first-order valence-corrected chi connectivity index (χ1v) is 10.7. The number of carbonyl (C=O) groups is 1. The molecule has 1 N–H and O–H groups in total. The number of carbonyl (C=O) groups excluding carboxylic acids is 1. The third-order valence-corrected chi connectivity index (χ3v) is 6.43. The van der Waals surface area contributed by atoms with E-state index in [9.17, 15) is 13.2 Å². The van der Waals surface area contributed by atoms with Crippen LogP contribution in [-0.2, 0) is 26.0 Å². The third kappa shape index (κ3) is 5.07. The first-order chi connectivity index (χ1) is 13.5. The number of anilines is 1. The zero-order valence-electron chi connectivity index (χ0n) is 15.8. The molecule has 0 bridgehead atoms. The second-order valence-corrected chi connectivity index (χ2v) is 8.40. The van der Waals surface area contributed by atoms with Crippen LogP contribution in [0, 0.1) is 0 Å². The summed E-state index contributed by atoms with van der Waals surface area (Å²) in [5, 5.41) is 2.83. The average molecular weight is 401 g/mol. The standard InChI is InChI=1S/C21H24N2O4S/c1-2-17-4-3-5-19(16-17)22-21(24)11-8-18-6-9-20(10-7-18)28(25,26)23-12-14-27-15-13-23/h3-11,16H,2,12-15H2,1H3,(H,22,24)/b11-8+. The summed E-state index contributed by atoms with van der Waals surface area (Å²) in [5.74, 6) is -0.238. The monoisotopic (exact) mass is 400 g/mol. The van der Waals surface area contributed by atoms with Crippen molar-refractivity contribution < 1.29 is 17.9 Å². The molecule has 0 radical (unpaired) electrons. The molecule has 6 nitrogen and oxygen atoms in total. The molecule has 0 unspecified atom stereocenters. The second kappa shape index (κ2) is 9.14. The van der Waals surface area contributed by atoms with Gasteiger partial charge in [-0.05, 0) is 47.9 Å². The molecule has 0 aliphatic carbocycles. The third-order valence-electron chi connectivity index (χ3n) is 4.52. The van der Waals surface area contributed by atoms with Crippen LogP contribution in [0.4, 0.5) is 5.69 Å². The number of ether oxygens (including phenoxy) is 1. The largest absolute Gasteiger partial charge is 0.379 e. The van der Waals surface area contributed by atoms with Gasteiger partial charge in [0.1, 0.15) is 0 Å². The van der Waals surface area contributed by atoms with Crippen LogP contribution in [0.15, 0.2) is 59.5 Å². The lowest BCUT2D eigenvalue weighted by atomic mass is 10.1. The lowest BCUT2D eigenvalue weighted by Gasteiger charge is -2.26. The average Bonchev–Trinajstić information content (AvgIpc) is 2.73. The van der Waals surface area contributed by atoms with Crippen LogP contribution in [0.3, 0.4) is 0 Å². The van der Waals surface area contributed by atoms with E-state index < -0.39 is 10.0 Å². The number of nitrogens with one attached hydrogen (secondary N) is 1. The molecule has 0 atom stereocenters. The van der Waals surface area contributed by atoms with E-state index in [1.54, 1.807) is 30.3 Å². The maximum atomic E-state index is 12.6. The van der Waals surface area contributed by atoms with E-state index in [-0.39, 0.29) is 10.8 Å². The molecule has 3 rings (SSSR count). The number of rotatable bonds is 6. The normalized spacial score (nSPS) is 15.6. The van der Waals surface area contributed by atoms with E-state index in [0.717, 1.165) is 23.2 Å². The Morgan fingerprint density at radius 3 is 2.54 bits per heavy atom. The van der Waals surface area contributed by atoms with Crippen molar-refractivity contribution in [3.05, 3.63) is 65.7 Å². The second-order valence-electron chi connectivity index (χ2n) is 6.46. The molecule has 0 spiro atoms. The summed E-state index contributed by atoms with van der Waals surface area (Å²) in [5.41, 5.74) is 2.65. The van der Waals surface area contributed by atoms with Gasteiger partial charge in [0.15, 0.2) is 0 Å². The van der Waals surface area contributed by atoms with Crippen molar-refractivity contribution in [2.24, 2.45) is 0 Å². The number of hydrogen-bond donors (Lipinski definition) is 1. The van der Waals surface area contributed by atoms with E-state index in [0.29, 0.717) is 26.3 Å². The molecule has 1 heterocycles. The van der Waals surface area contributed by atoms with Crippen molar-refractivity contribution in [2.75, 3.05) is 31.6 Å². The molecule has 0 saturated carbocycles. The summed E-state index contributed by atoms with van der Waals surface area (Å²) in [6.07, 6.45) is 3.99. The minimum atomic E-state index is -3.51. The summed E-state index contributed by atoms with van der Waals surface area (Å²) < 4.78 is 31.9. The first kappa shape index (κ1) is 20.3. The van der Waals surface area contributed by atoms with E-state index in [1.165, 1.54) is 10.4 Å². The molecule has 1 aliphatic rings. The molecular weight excluding hydrogens is 376 g/mol. The van der Waals surface area contributed by atoms with Crippen LogP contribution in [0.5, 0.6) is 0 Å². The molecule has 0 aromatic heterocycles. The van der Waals surface area contributed by atoms with Gasteiger partial charge in [0.25, 0.3) is 0 Å². The van der Waals surface area contributed by atoms with Gasteiger partial charge in [-0.3, -0.25) is 4.79 Å². The Balaban J connectivity index is 1.63. The van der Waals surface area contributed by atoms with Gasteiger partial charge in [0.2, 0.25) is 15.9 Å². The predicted molar refractivity (Wildman–Crippen MR) is 110 cm³/mol. The van der Waals surface area contributed by atoms with Crippen LogP contribution in [0.1, 0.15) is 18.1 Å². The molecule has 1 fully saturated rings. The Morgan fingerprint density at radius 1 is 1.14 bits per heavy atom. The lowest BCUT2D eigenvalue weighted by Crippen LogP contribution is -2.40. The Labute approximate surface area is 165 Å². The first-order valence-electron chi connectivity index (χ1n) is 9.25. The number of aryl methyl sites for hydroxylation is 1. The van der Waals surface area contributed by atoms with Crippen molar-refractivity contribution in [1.29, 1.82) is 0 Å². The van der Waals surface area contributed by atoms with Crippen LogP contribution in [-0.4, -0.2) is 44.9 Å².